The monoisotopic (exact) mass is 370 g/mol. The van der Waals surface area contributed by atoms with Gasteiger partial charge in [-0.05, 0) is 41.8 Å². The van der Waals surface area contributed by atoms with Crippen LogP contribution in [0, 0.1) is 0 Å². The normalized spacial score (nSPS) is 12.1. The second kappa shape index (κ2) is 7.71. The number of aliphatic hydroxyl groups excluding tert-OH is 1. The Balaban J connectivity index is 1.66. The maximum absolute atomic E-state index is 12.8. The van der Waals surface area contributed by atoms with Crippen LogP contribution in [-0.2, 0) is 11.2 Å². The van der Waals surface area contributed by atoms with Crippen molar-refractivity contribution >= 4 is 22.5 Å². The van der Waals surface area contributed by atoms with E-state index in [1.54, 1.807) is 13.0 Å². The number of H-pyrrole nitrogens is 1. The van der Waals surface area contributed by atoms with Gasteiger partial charge < -0.3 is 15.4 Å². The van der Waals surface area contributed by atoms with Crippen LogP contribution in [0.4, 0.5) is 5.69 Å². The van der Waals surface area contributed by atoms with E-state index in [2.05, 4.69) is 10.3 Å². The number of amides is 1. The lowest BCUT2D eigenvalue weighted by Crippen LogP contribution is -2.15. The molecule has 0 bridgehead atoms. The first kappa shape index (κ1) is 18.0. The fourth-order valence-corrected chi connectivity index (χ4v) is 3.48. The molecule has 3 N–H and O–H groups in total. The number of benzene rings is 3. The number of aromatic amines is 1. The zero-order chi connectivity index (χ0) is 19.5. The molecule has 0 aliphatic heterocycles. The standard InChI is InChI=1S/C24H22N2O2/c1-16(27)18-10-7-11-19(14-18)25-23(28)15-21-20-12-5-6-13-22(20)26-24(21)17-8-3-2-4-9-17/h2-14,16,26-27H,15H2,1H3,(H,25,28). The molecule has 140 valence electrons. The molecule has 4 rings (SSSR count). The molecule has 4 heteroatoms. The second-order valence-electron chi connectivity index (χ2n) is 6.92. The van der Waals surface area contributed by atoms with Crippen LogP contribution in [0.2, 0.25) is 0 Å². The quantitative estimate of drug-likeness (QED) is 0.459. The van der Waals surface area contributed by atoms with Crippen molar-refractivity contribution in [2.24, 2.45) is 0 Å². The van der Waals surface area contributed by atoms with Gasteiger partial charge in [0.1, 0.15) is 0 Å². The second-order valence-corrected chi connectivity index (χ2v) is 6.92. The van der Waals surface area contributed by atoms with Crippen LogP contribution in [-0.4, -0.2) is 16.0 Å². The van der Waals surface area contributed by atoms with Gasteiger partial charge in [0.05, 0.1) is 18.2 Å². The summed E-state index contributed by atoms with van der Waals surface area (Å²) in [5.74, 6) is -0.0929. The van der Waals surface area contributed by atoms with Crippen LogP contribution in [0.1, 0.15) is 24.2 Å². The molecule has 0 spiro atoms. The topological polar surface area (TPSA) is 65.1 Å². The van der Waals surface area contributed by atoms with E-state index in [0.29, 0.717) is 5.69 Å². The first-order chi connectivity index (χ1) is 13.6. The third-order valence-corrected chi connectivity index (χ3v) is 4.87. The van der Waals surface area contributed by atoms with Crippen molar-refractivity contribution in [3.63, 3.8) is 0 Å². The van der Waals surface area contributed by atoms with Crippen LogP contribution in [0.3, 0.4) is 0 Å². The van der Waals surface area contributed by atoms with Crippen LogP contribution in [0.15, 0.2) is 78.9 Å². The lowest BCUT2D eigenvalue weighted by Gasteiger charge is -2.10. The molecule has 1 atom stereocenters. The number of aliphatic hydroxyl groups is 1. The van der Waals surface area contributed by atoms with Crippen molar-refractivity contribution in [2.45, 2.75) is 19.4 Å². The van der Waals surface area contributed by atoms with Crippen LogP contribution >= 0.6 is 0 Å². The molecule has 0 saturated heterocycles. The minimum absolute atomic E-state index is 0.0929. The SMILES string of the molecule is CC(O)c1cccc(NC(=O)Cc2c(-c3ccccc3)[nH]c3ccccc23)c1. The highest BCUT2D eigenvalue weighted by atomic mass is 16.3. The average molecular weight is 370 g/mol. The summed E-state index contributed by atoms with van der Waals surface area (Å²) in [6, 6.07) is 25.4. The molecule has 0 fully saturated rings. The lowest BCUT2D eigenvalue weighted by atomic mass is 10.0. The molecule has 28 heavy (non-hydrogen) atoms. The smallest absolute Gasteiger partial charge is 0.228 e. The van der Waals surface area contributed by atoms with Crippen molar-refractivity contribution in [1.29, 1.82) is 0 Å². The largest absolute Gasteiger partial charge is 0.389 e. The van der Waals surface area contributed by atoms with Gasteiger partial charge in [-0.3, -0.25) is 4.79 Å². The van der Waals surface area contributed by atoms with Gasteiger partial charge in [0, 0.05) is 16.6 Å². The van der Waals surface area contributed by atoms with E-state index < -0.39 is 6.10 Å². The zero-order valence-electron chi connectivity index (χ0n) is 15.6. The van der Waals surface area contributed by atoms with E-state index in [0.717, 1.165) is 33.3 Å². The fraction of sp³-hybridized carbons (Fsp3) is 0.125. The molecule has 4 nitrogen and oxygen atoms in total. The van der Waals surface area contributed by atoms with Crippen molar-refractivity contribution in [3.05, 3.63) is 90.0 Å². The highest BCUT2D eigenvalue weighted by Crippen LogP contribution is 2.31. The summed E-state index contributed by atoms with van der Waals surface area (Å²) in [5, 5.41) is 13.8. The summed E-state index contributed by atoms with van der Waals surface area (Å²) in [5.41, 5.74) is 5.47. The minimum Gasteiger partial charge on any atom is -0.389 e. The Bertz CT molecular complexity index is 1110. The Kier molecular flexibility index (Phi) is 4.96. The molecule has 3 aromatic carbocycles. The highest BCUT2D eigenvalue weighted by molar-refractivity contribution is 5.99. The van der Waals surface area contributed by atoms with Crippen molar-refractivity contribution in [2.75, 3.05) is 5.32 Å². The summed E-state index contributed by atoms with van der Waals surface area (Å²) in [6.45, 7) is 1.71. The molecule has 4 aromatic rings. The number of carbonyl (C=O) groups excluding carboxylic acids is 1. The van der Waals surface area contributed by atoms with E-state index in [4.69, 9.17) is 0 Å². The number of carbonyl (C=O) groups is 1. The fourth-order valence-electron chi connectivity index (χ4n) is 3.48. The van der Waals surface area contributed by atoms with Gasteiger partial charge in [-0.1, -0.05) is 60.7 Å². The number of hydrogen-bond acceptors (Lipinski definition) is 2. The molecule has 1 amide bonds. The van der Waals surface area contributed by atoms with Gasteiger partial charge in [-0.15, -0.1) is 0 Å². The summed E-state index contributed by atoms with van der Waals surface area (Å²) in [4.78, 5) is 16.3. The van der Waals surface area contributed by atoms with E-state index in [9.17, 15) is 9.90 Å². The van der Waals surface area contributed by atoms with Crippen LogP contribution < -0.4 is 5.32 Å². The van der Waals surface area contributed by atoms with E-state index in [1.165, 1.54) is 0 Å². The Morgan fingerprint density at radius 3 is 2.54 bits per heavy atom. The van der Waals surface area contributed by atoms with Crippen molar-refractivity contribution < 1.29 is 9.90 Å². The Morgan fingerprint density at radius 2 is 1.75 bits per heavy atom. The Morgan fingerprint density at radius 1 is 1.00 bits per heavy atom. The number of fused-ring (bicyclic) bond motifs is 1. The number of rotatable bonds is 5. The third-order valence-electron chi connectivity index (χ3n) is 4.87. The van der Waals surface area contributed by atoms with Gasteiger partial charge >= 0.3 is 0 Å². The molecule has 1 heterocycles. The molecule has 0 radical (unpaired) electrons. The third kappa shape index (κ3) is 3.68. The average Bonchev–Trinajstić information content (AvgIpc) is 3.07. The number of aromatic nitrogens is 1. The molecular weight excluding hydrogens is 348 g/mol. The van der Waals surface area contributed by atoms with Gasteiger partial charge in [-0.2, -0.15) is 0 Å². The van der Waals surface area contributed by atoms with E-state index in [1.807, 2.05) is 72.8 Å². The number of anilines is 1. The van der Waals surface area contributed by atoms with Gasteiger partial charge in [-0.25, -0.2) is 0 Å². The minimum atomic E-state index is -0.574. The number of hydrogen-bond donors (Lipinski definition) is 3. The predicted molar refractivity (Wildman–Crippen MR) is 113 cm³/mol. The van der Waals surface area contributed by atoms with Crippen LogP contribution in [0.25, 0.3) is 22.2 Å². The number of nitrogens with one attached hydrogen (secondary N) is 2. The molecule has 0 aliphatic carbocycles. The molecular formula is C24H22N2O2. The maximum Gasteiger partial charge on any atom is 0.228 e. The molecule has 1 unspecified atom stereocenters. The summed E-state index contributed by atoms with van der Waals surface area (Å²) >= 11 is 0. The zero-order valence-corrected chi connectivity index (χ0v) is 15.6. The first-order valence-corrected chi connectivity index (χ1v) is 9.34. The summed E-state index contributed by atoms with van der Waals surface area (Å²) in [6.07, 6.45) is -0.317. The first-order valence-electron chi connectivity index (χ1n) is 9.34. The van der Waals surface area contributed by atoms with Gasteiger partial charge in [0.25, 0.3) is 0 Å². The van der Waals surface area contributed by atoms with Gasteiger partial charge in [0.15, 0.2) is 0 Å². The predicted octanol–water partition coefficient (Wildman–Crippen LogP) is 5.07. The molecule has 0 aliphatic rings. The summed E-state index contributed by atoms with van der Waals surface area (Å²) in [7, 11) is 0. The maximum atomic E-state index is 12.8. The lowest BCUT2D eigenvalue weighted by molar-refractivity contribution is -0.115. The summed E-state index contributed by atoms with van der Waals surface area (Å²) < 4.78 is 0. The number of para-hydroxylation sites is 1. The van der Waals surface area contributed by atoms with Crippen molar-refractivity contribution in [3.8, 4) is 11.3 Å². The van der Waals surface area contributed by atoms with E-state index >= 15 is 0 Å². The Hall–Kier alpha value is -3.37. The van der Waals surface area contributed by atoms with Gasteiger partial charge in [0.2, 0.25) is 5.91 Å². The van der Waals surface area contributed by atoms with Crippen molar-refractivity contribution in [1.82, 2.24) is 4.98 Å². The molecule has 1 aromatic heterocycles. The van der Waals surface area contributed by atoms with Crippen LogP contribution in [0.5, 0.6) is 0 Å². The Labute approximate surface area is 163 Å². The molecule has 0 saturated carbocycles. The highest BCUT2D eigenvalue weighted by Gasteiger charge is 2.16. The van der Waals surface area contributed by atoms with E-state index in [-0.39, 0.29) is 12.3 Å².